The molecule has 1 atom stereocenters. The van der Waals surface area contributed by atoms with Crippen LogP contribution in [0.25, 0.3) is 0 Å². The quantitative estimate of drug-likeness (QED) is 0.837. The lowest BCUT2D eigenvalue weighted by atomic mass is 10.4. The fourth-order valence-electron chi connectivity index (χ4n) is 1.28. The first-order valence-electron chi connectivity index (χ1n) is 4.80. The molecule has 0 saturated heterocycles. The third-order valence-electron chi connectivity index (χ3n) is 2.06. The predicted octanol–water partition coefficient (Wildman–Crippen LogP) is 0.428. The van der Waals surface area contributed by atoms with E-state index in [9.17, 15) is 13.5 Å². The van der Waals surface area contributed by atoms with Gasteiger partial charge >= 0.3 is 0 Å². The molecular weight excluding hydrogens is 310 g/mol. The van der Waals surface area contributed by atoms with Crippen LogP contribution in [-0.4, -0.2) is 42.5 Å². The number of sulfonamides is 1. The number of likely N-dealkylation sites (N-methyl/N-ethyl adjacent to an activating group) is 1. The lowest BCUT2D eigenvalue weighted by molar-refractivity contribution is 0.171. The SMILES string of the molecule is CC(O)CN(C)S(=O)(=O)c1cc(Br)cnc1N. The molecule has 0 aliphatic heterocycles. The molecule has 6 nitrogen and oxygen atoms in total. The number of rotatable bonds is 4. The van der Waals surface area contributed by atoms with Crippen molar-refractivity contribution in [3.8, 4) is 0 Å². The van der Waals surface area contributed by atoms with E-state index in [4.69, 9.17) is 5.73 Å². The summed E-state index contributed by atoms with van der Waals surface area (Å²) in [6, 6.07) is 1.39. The zero-order chi connectivity index (χ0) is 13.2. The highest BCUT2D eigenvalue weighted by molar-refractivity contribution is 9.10. The van der Waals surface area contributed by atoms with Crippen LogP contribution in [0, 0.1) is 0 Å². The Labute approximate surface area is 109 Å². The number of aliphatic hydroxyl groups is 1. The molecule has 17 heavy (non-hydrogen) atoms. The molecule has 0 radical (unpaired) electrons. The predicted molar refractivity (Wildman–Crippen MR) is 67.8 cm³/mol. The molecule has 8 heteroatoms. The van der Waals surface area contributed by atoms with Crippen molar-refractivity contribution < 1.29 is 13.5 Å². The number of pyridine rings is 1. The third kappa shape index (κ3) is 3.38. The molecule has 0 saturated carbocycles. The van der Waals surface area contributed by atoms with E-state index in [1.165, 1.54) is 26.2 Å². The molecule has 0 aliphatic carbocycles. The van der Waals surface area contributed by atoms with Gasteiger partial charge in [0.25, 0.3) is 0 Å². The molecule has 0 bridgehead atoms. The number of nitrogens with two attached hydrogens (primary N) is 1. The summed E-state index contributed by atoms with van der Waals surface area (Å²) < 4.78 is 25.8. The number of anilines is 1. The molecule has 0 amide bonds. The molecule has 1 aromatic heterocycles. The highest BCUT2D eigenvalue weighted by Crippen LogP contribution is 2.23. The van der Waals surface area contributed by atoms with Crippen molar-refractivity contribution in [1.82, 2.24) is 9.29 Å². The molecule has 96 valence electrons. The average molecular weight is 324 g/mol. The van der Waals surface area contributed by atoms with E-state index in [-0.39, 0.29) is 17.3 Å². The molecule has 0 spiro atoms. The van der Waals surface area contributed by atoms with Crippen LogP contribution in [0.1, 0.15) is 6.92 Å². The van der Waals surface area contributed by atoms with Crippen LogP contribution < -0.4 is 5.73 Å². The number of halogens is 1. The van der Waals surface area contributed by atoms with Gasteiger partial charge in [0, 0.05) is 24.3 Å². The van der Waals surface area contributed by atoms with Gasteiger partial charge in [0.05, 0.1) is 6.10 Å². The Bertz CT molecular complexity index is 504. The number of hydrogen-bond acceptors (Lipinski definition) is 5. The highest BCUT2D eigenvalue weighted by Gasteiger charge is 2.25. The summed E-state index contributed by atoms with van der Waals surface area (Å²) in [5.74, 6) is -0.0642. The van der Waals surface area contributed by atoms with Gasteiger partial charge in [-0.05, 0) is 28.9 Å². The molecule has 3 N–H and O–H groups in total. The number of hydrogen-bond donors (Lipinski definition) is 2. The Kier molecular flexibility index (Phi) is 4.48. The Morgan fingerprint density at radius 1 is 1.65 bits per heavy atom. The van der Waals surface area contributed by atoms with Crippen molar-refractivity contribution in [1.29, 1.82) is 0 Å². The molecule has 1 rings (SSSR count). The van der Waals surface area contributed by atoms with E-state index in [0.717, 1.165) is 4.31 Å². The summed E-state index contributed by atoms with van der Waals surface area (Å²) in [5, 5.41) is 9.19. The van der Waals surface area contributed by atoms with Gasteiger partial charge in [-0.2, -0.15) is 4.31 Å². The van der Waals surface area contributed by atoms with Crippen molar-refractivity contribution in [2.45, 2.75) is 17.9 Å². The Balaban J connectivity index is 3.17. The van der Waals surface area contributed by atoms with E-state index in [2.05, 4.69) is 20.9 Å². The summed E-state index contributed by atoms with van der Waals surface area (Å²) in [5.41, 5.74) is 5.54. The number of aromatic nitrogens is 1. The van der Waals surface area contributed by atoms with Gasteiger partial charge in [-0.1, -0.05) is 0 Å². The molecule has 0 aliphatic rings. The van der Waals surface area contributed by atoms with Gasteiger partial charge in [-0.25, -0.2) is 13.4 Å². The van der Waals surface area contributed by atoms with Gasteiger partial charge in [0.1, 0.15) is 10.7 Å². The lowest BCUT2D eigenvalue weighted by Crippen LogP contribution is -2.33. The van der Waals surface area contributed by atoms with E-state index in [0.29, 0.717) is 4.47 Å². The monoisotopic (exact) mass is 323 g/mol. The lowest BCUT2D eigenvalue weighted by Gasteiger charge is -2.19. The van der Waals surface area contributed by atoms with Crippen LogP contribution in [-0.2, 0) is 10.0 Å². The summed E-state index contributed by atoms with van der Waals surface area (Å²) in [4.78, 5) is 3.70. The Morgan fingerprint density at radius 2 is 2.24 bits per heavy atom. The normalized spacial score (nSPS) is 13.9. The van der Waals surface area contributed by atoms with Crippen molar-refractivity contribution >= 4 is 31.8 Å². The van der Waals surface area contributed by atoms with E-state index in [1.807, 2.05) is 0 Å². The number of nitrogens with zero attached hydrogens (tertiary/aromatic N) is 2. The molecular formula is C9H14BrN3O3S. The maximum Gasteiger partial charge on any atom is 0.246 e. The van der Waals surface area contributed by atoms with E-state index < -0.39 is 16.1 Å². The van der Waals surface area contributed by atoms with E-state index in [1.54, 1.807) is 0 Å². The van der Waals surface area contributed by atoms with Crippen LogP contribution in [0.5, 0.6) is 0 Å². The first-order valence-corrected chi connectivity index (χ1v) is 7.04. The topological polar surface area (TPSA) is 96.5 Å². The van der Waals surface area contributed by atoms with Crippen LogP contribution in [0.3, 0.4) is 0 Å². The van der Waals surface area contributed by atoms with Crippen LogP contribution in [0.2, 0.25) is 0 Å². The largest absolute Gasteiger partial charge is 0.392 e. The van der Waals surface area contributed by atoms with Crippen molar-refractivity contribution in [2.24, 2.45) is 0 Å². The summed E-state index contributed by atoms with van der Waals surface area (Å²) in [6.45, 7) is 1.50. The molecule has 1 heterocycles. The standard InChI is InChI=1S/C9H14BrN3O3S/c1-6(14)5-13(2)17(15,16)8-3-7(10)4-12-9(8)11/h3-4,6,14H,5H2,1-2H3,(H2,11,12). The van der Waals surface area contributed by atoms with Crippen molar-refractivity contribution in [3.63, 3.8) is 0 Å². The minimum Gasteiger partial charge on any atom is -0.392 e. The van der Waals surface area contributed by atoms with Crippen LogP contribution in [0.15, 0.2) is 21.6 Å². The molecule has 0 aromatic carbocycles. The van der Waals surface area contributed by atoms with Crippen molar-refractivity contribution in [3.05, 3.63) is 16.7 Å². The Morgan fingerprint density at radius 3 is 2.76 bits per heavy atom. The number of aliphatic hydroxyl groups excluding tert-OH is 1. The van der Waals surface area contributed by atoms with Crippen molar-refractivity contribution in [2.75, 3.05) is 19.3 Å². The van der Waals surface area contributed by atoms with Gasteiger partial charge in [-0.3, -0.25) is 0 Å². The fraction of sp³-hybridized carbons (Fsp3) is 0.444. The molecule has 1 unspecified atom stereocenters. The van der Waals surface area contributed by atoms with Gasteiger partial charge < -0.3 is 10.8 Å². The maximum atomic E-state index is 12.1. The Hall–Kier alpha value is -0.700. The third-order valence-corrected chi connectivity index (χ3v) is 4.34. The minimum absolute atomic E-state index is 0.00567. The van der Waals surface area contributed by atoms with Crippen LogP contribution in [0.4, 0.5) is 5.82 Å². The van der Waals surface area contributed by atoms with Gasteiger partial charge in [0.2, 0.25) is 10.0 Å². The smallest absolute Gasteiger partial charge is 0.246 e. The van der Waals surface area contributed by atoms with E-state index >= 15 is 0 Å². The first kappa shape index (κ1) is 14.4. The van der Waals surface area contributed by atoms with Gasteiger partial charge in [0.15, 0.2) is 0 Å². The summed E-state index contributed by atoms with van der Waals surface area (Å²) in [7, 11) is -2.35. The van der Waals surface area contributed by atoms with Crippen LogP contribution >= 0.6 is 15.9 Å². The summed E-state index contributed by atoms with van der Waals surface area (Å²) in [6.07, 6.45) is 0.666. The number of nitrogen functional groups attached to an aromatic ring is 1. The summed E-state index contributed by atoms with van der Waals surface area (Å²) >= 11 is 3.14. The average Bonchev–Trinajstić information content (AvgIpc) is 2.20. The molecule has 1 aromatic rings. The molecule has 0 fully saturated rings. The fourth-order valence-corrected chi connectivity index (χ4v) is 3.10. The highest BCUT2D eigenvalue weighted by atomic mass is 79.9. The maximum absolute atomic E-state index is 12.1. The minimum atomic E-state index is -3.73. The second-order valence-electron chi connectivity index (χ2n) is 3.67. The second kappa shape index (κ2) is 5.30. The van der Waals surface area contributed by atoms with Gasteiger partial charge in [-0.15, -0.1) is 0 Å². The second-order valence-corrected chi connectivity index (χ2v) is 6.60. The zero-order valence-corrected chi connectivity index (χ0v) is 11.9. The zero-order valence-electron chi connectivity index (χ0n) is 9.46. The first-order chi connectivity index (χ1) is 7.75.